The summed E-state index contributed by atoms with van der Waals surface area (Å²) >= 11 is 0. The number of pyridine rings is 1. The van der Waals surface area contributed by atoms with Crippen LogP contribution < -0.4 is 5.32 Å². The molecule has 0 amide bonds. The lowest BCUT2D eigenvalue weighted by Gasteiger charge is -2.12. The summed E-state index contributed by atoms with van der Waals surface area (Å²) in [7, 11) is 0. The molecule has 180 valence electrons. The molecule has 5 aromatic carbocycles. The Hall–Kier alpha value is -5.15. The number of nitrogens with zero attached hydrogens (tertiary/aromatic N) is 1. The van der Waals surface area contributed by atoms with Crippen LogP contribution in [0, 0.1) is 0 Å². The fourth-order valence-electron chi connectivity index (χ4n) is 5.07. The van der Waals surface area contributed by atoms with Crippen molar-refractivity contribution in [2.24, 2.45) is 0 Å². The lowest BCUT2D eigenvalue weighted by molar-refractivity contribution is 0.669. The average molecular weight is 489 g/mol. The van der Waals surface area contributed by atoms with Crippen molar-refractivity contribution in [1.82, 2.24) is 4.98 Å². The molecule has 3 heteroatoms. The predicted octanol–water partition coefficient (Wildman–Crippen LogP) is 9.73. The Bertz CT molecular complexity index is 1870. The largest absolute Gasteiger partial charge is 0.454 e. The fraction of sp³-hybridized carbons (Fsp3) is 0. The third-order valence-corrected chi connectivity index (χ3v) is 6.95. The number of aromatic nitrogens is 1. The summed E-state index contributed by atoms with van der Waals surface area (Å²) in [5.41, 5.74) is 11.7. The second-order valence-electron chi connectivity index (χ2n) is 9.33. The fourth-order valence-corrected chi connectivity index (χ4v) is 5.07. The second-order valence-corrected chi connectivity index (χ2v) is 9.33. The molecular weight excluding hydrogens is 464 g/mol. The normalized spacial score (nSPS) is 11.2. The van der Waals surface area contributed by atoms with Gasteiger partial charge in [-0.2, -0.15) is 0 Å². The number of para-hydroxylation sites is 1. The topological polar surface area (TPSA) is 38.1 Å². The van der Waals surface area contributed by atoms with Gasteiger partial charge in [0.2, 0.25) is 0 Å². The third kappa shape index (κ3) is 4.00. The summed E-state index contributed by atoms with van der Waals surface area (Å²) in [5.74, 6) is 0. The SMILES string of the molecule is c1ccc(-c2ccccc2-c2ccc(Nc3ccc(-c4ccnc5c4oc4ccccc45)cc3)cc2)cc1. The van der Waals surface area contributed by atoms with E-state index in [0.29, 0.717) is 0 Å². The molecule has 2 heterocycles. The average Bonchev–Trinajstić information content (AvgIpc) is 3.38. The number of fused-ring (bicyclic) bond motifs is 3. The van der Waals surface area contributed by atoms with Crippen LogP contribution in [0.15, 0.2) is 144 Å². The summed E-state index contributed by atoms with van der Waals surface area (Å²) in [6.07, 6.45) is 1.85. The molecule has 7 rings (SSSR count). The first-order valence-corrected chi connectivity index (χ1v) is 12.7. The number of nitrogens with one attached hydrogen (secondary N) is 1. The maximum absolute atomic E-state index is 6.17. The monoisotopic (exact) mass is 488 g/mol. The molecule has 0 aliphatic carbocycles. The highest BCUT2D eigenvalue weighted by Gasteiger charge is 2.13. The zero-order chi connectivity index (χ0) is 25.3. The van der Waals surface area contributed by atoms with Gasteiger partial charge in [0.25, 0.3) is 0 Å². The van der Waals surface area contributed by atoms with Crippen molar-refractivity contribution in [3.05, 3.63) is 140 Å². The zero-order valence-corrected chi connectivity index (χ0v) is 20.6. The maximum Gasteiger partial charge on any atom is 0.161 e. The quantitative estimate of drug-likeness (QED) is 0.262. The molecule has 0 unspecified atom stereocenters. The molecule has 0 saturated carbocycles. The van der Waals surface area contributed by atoms with E-state index in [4.69, 9.17) is 4.42 Å². The molecule has 2 aromatic heterocycles. The molecule has 0 atom stereocenters. The highest BCUT2D eigenvalue weighted by atomic mass is 16.3. The standard InChI is InChI=1S/C35H24N2O/c1-2-8-24(9-3-1)29-10-4-5-11-30(29)25-14-18-27(19-15-25)37-28-20-16-26(17-21-28)31-22-23-36-34-32-12-6-7-13-33(32)38-35(31)34/h1-23,37H. The summed E-state index contributed by atoms with van der Waals surface area (Å²) in [6.45, 7) is 0. The van der Waals surface area contributed by atoms with Crippen LogP contribution in [0.4, 0.5) is 11.4 Å². The van der Waals surface area contributed by atoms with Crippen molar-refractivity contribution >= 4 is 33.4 Å². The minimum atomic E-state index is 0.820. The van der Waals surface area contributed by atoms with Gasteiger partial charge in [-0.05, 0) is 70.3 Å². The Balaban J connectivity index is 1.14. The van der Waals surface area contributed by atoms with Gasteiger partial charge >= 0.3 is 0 Å². The van der Waals surface area contributed by atoms with Crippen LogP contribution in [0.2, 0.25) is 0 Å². The minimum Gasteiger partial charge on any atom is -0.454 e. The number of hydrogen-bond acceptors (Lipinski definition) is 3. The minimum absolute atomic E-state index is 0.820. The third-order valence-electron chi connectivity index (χ3n) is 6.95. The van der Waals surface area contributed by atoms with Crippen molar-refractivity contribution in [2.75, 3.05) is 5.32 Å². The van der Waals surface area contributed by atoms with Crippen LogP contribution >= 0.6 is 0 Å². The molecular formula is C35H24N2O. The van der Waals surface area contributed by atoms with Crippen molar-refractivity contribution in [3.63, 3.8) is 0 Å². The van der Waals surface area contributed by atoms with Crippen molar-refractivity contribution in [3.8, 4) is 33.4 Å². The van der Waals surface area contributed by atoms with Crippen LogP contribution in [-0.2, 0) is 0 Å². The Morgan fingerprint density at radius 1 is 0.474 bits per heavy atom. The first-order valence-electron chi connectivity index (χ1n) is 12.7. The first kappa shape index (κ1) is 22.1. The number of anilines is 2. The summed E-state index contributed by atoms with van der Waals surface area (Å²) in [4.78, 5) is 4.57. The zero-order valence-electron chi connectivity index (χ0n) is 20.6. The highest BCUT2D eigenvalue weighted by Crippen LogP contribution is 2.35. The molecule has 0 aliphatic rings. The van der Waals surface area contributed by atoms with Crippen LogP contribution in [0.5, 0.6) is 0 Å². The van der Waals surface area contributed by atoms with E-state index in [2.05, 4.69) is 119 Å². The molecule has 7 aromatic rings. The van der Waals surface area contributed by atoms with Crippen LogP contribution in [0.25, 0.3) is 55.4 Å². The summed E-state index contributed by atoms with van der Waals surface area (Å²) < 4.78 is 6.17. The second kappa shape index (κ2) is 9.38. The van der Waals surface area contributed by atoms with E-state index in [0.717, 1.165) is 44.6 Å². The van der Waals surface area contributed by atoms with E-state index in [1.54, 1.807) is 0 Å². The van der Waals surface area contributed by atoms with Gasteiger partial charge in [0.05, 0.1) is 0 Å². The van der Waals surface area contributed by atoms with E-state index in [9.17, 15) is 0 Å². The summed E-state index contributed by atoms with van der Waals surface area (Å²) in [6, 6.07) is 46.2. The Kier molecular flexibility index (Phi) is 5.45. The van der Waals surface area contributed by atoms with Gasteiger partial charge in [0, 0.05) is 28.5 Å². The van der Waals surface area contributed by atoms with Crippen molar-refractivity contribution < 1.29 is 4.42 Å². The van der Waals surface area contributed by atoms with E-state index < -0.39 is 0 Å². The van der Waals surface area contributed by atoms with Gasteiger partial charge in [0.15, 0.2) is 5.58 Å². The van der Waals surface area contributed by atoms with E-state index in [1.807, 2.05) is 30.5 Å². The van der Waals surface area contributed by atoms with E-state index in [-0.39, 0.29) is 0 Å². The van der Waals surface area contributed by atoms with Crippen LogP contribution in [0.3, 0.4) is 0 Å². The number of benzene rings is 5. The van der Waals surface area contributed by atoms with Crippen LogP contribution in [0.1, 0.15) is 0 Å². The van der Waals surface area contributed by atoms with Crippen molar-refractivity contribution in [2.45, 2.75) is 0 Å². The molecule has 0 radical (unpaired) electrons. The molecule has 0 saturated heterocycles. The molecule has 0 fully saturated rings. The number of rotatable bonds is 5. The molecule has 0 spiro atoms. The number of furan rings is 1. The van der Waals surface area contributed by atoms with Gasteiger partial charge in [-0.25, -0.2) is 0 Å². The van der Waals surface area contributed by atoms with Gasteiger partial charge in [-0.3, -0.25) is 4.98 Å². The van der Waals surface area contributed by atoms with Gasteiger partial charge in [0.1, 0.15) is 11.1 Å². The highest BCUT2D eigenvalue weighted by molar-refractivity contribution is 6.07. The van der Waals surface area contributed by atoms with Gasteiger partial charge in [-0.1, -0.05) is 91.0 Å². The van der Waals surface area contributed by atoms with E-state index in [1.165, 1.54) is 22.3 Å². The molecule has 0 bridgehead atoms. The van der Waals surface area contributed by atoms with Crippen molar-refractivity contribution in [1.29, 1.82) is 0 Å². The molecule has 1 N–H and O–H groups in total. The first-order chi connectivity index (χ1) is 18.8. The number of hydrogen-bond donors (Lipinski definition) is 1. The smallest absolute Gasteiger partial charge is 0.161 e. The Morgan fingerprint density at radius 3 is 1.71 bits per heavy atom. The Labute approximate surface area is 221 Å². The van der Waals surface area contributed by atoms with Crippen LogP contribution in [-0.4, -0.2) is 4.98 Å². The maximum atomic E-state index is 6.17. The Morgan fingerprint density at radius 2 is 1.03 bits per heavy atom. The lowest BCUT2D eigenvalue weighted by atomic mass is 9.94. The predicted molar refractivity (Wildman–Crippen MR) is 158 cm³/mol. The molecule has 38 heavy (non-hydrogen) atoms. The summed E-state index contributed by atoms with van der Waals surface area (Å²) in [5, 5.41) is 4.57. The van der Waals surface area contributed by atoms with Gasteiger partial charge in [-0.15, -0.1) is 0 Å². The molecule has 0 aliphatic heterocycles. The van der Waals surface area contributed by atoms with Gasteiger partial charge < -0.3 is 9.73 Å². The lowest BCUT2D eigenvalue weighted by Crippen LogP contribution is -1.91. The molecule has 3 nitrogen and oxygen atoms in total. The van der Waals surface area contributed by atoms with E-state index >= 15 is 0 Å².